The van der Waals surface area contributed by atoms with Gasteiger partial charge in [0, 0.05) is 4.47 Å². The first kappa shape index (κ1) is 24.0. The highest BCUT2D eigenvalue weighted by Crippen LogP contribution is 2.40. The van der Waals surface area contributed by atoms with Crippen LogP contribution in [0.2, 0.25) is 0 Å². The number of nitrogens with zero attached hydrogens (tertiary/aromatic N) is 2. The minimum absolute atomic E-state index is 0.155. The first-order valence-corrected chi connectivity index (χ1v) is 12.4. The summed E-state index contributed by atoms with van der Waals surface area (Å²) >= 11 is 4.81. The molecule has 182 valence electrons. The summed E-state index contributed by atoms with van der Waals surface area (Å²) in [5.74, 6) is 0.748. The number of rotatable bonds is 6. The van der Waals surface area contributed by atoms with Gasteiger partial charge in [-0.05, 0) is 77.5 Å². The lowest BCUT2D eigenvalue weighted by molar-refractivity contribution is -0.122. The third-order valence-corrected chi connectivity index (χ3v) is 7.20. The van der Waals surface area contributed by atoms with Crippen molar-refractivity contribution >= 4 is 56.5 Å². The van der Waals surface area contributed by atoms with Crippen molar-refractivity contribution in [3.8, 4) is 17.2 Å². The summed E-state index contributed by atoms with van der Waals surface area (Å²) in [6.07, 6.45) is 1.79. The van der Waals surface area contributed by atoms with E-state index in [1.54, 1.807) is 42.4 Å². The normalized spacial score (nSPS) is 16.7. The van der Waals surface area contributed by atoms with E-state index in [1.807, 2.05) is 24.3 Å². The van der Waals surface area contributed by atoms with Crippen molar-refractivity contribution in [2.45, 2.75) is 6.54 Å². The predicted molar refractivity (Wildman–Crippen MR) is 140 cm³/mol. The number of ether oxygens (including phenoxy) is 3. The molecule has 36 heavy (non-hydrogen) atoms. The third-order valence-electron chi connectivity index (χ3n) is 5.51. The molecule has 0 saturated carbocycles. The van der Waals surface area contributed by atoms with Gasteiger partial charge in [-0.3, -0.25) is 9.69 Å². The zero-order valence-corrected chi connectivity index (χ0v) is 21.3. The molecule has 0 atom stereocenters. The number of aliphatic imine (C=N–C) groups is 1. The highest BCUT2D eigenvalue weighted by molar-refractivity contribution is 9.10. The van der Waals surface area contributed by atoms with Gasteiger partial charge in [0.05, 0.1) is 29.8 Å². The van der Waals surface area contributed by atoms with Gasteiger partial charge in [0.15, 0.2) is 16.7 Å². The molecule has 0 spiro atoms. The predicted octanol–water partition coefficient (Wildman–Crippen LogP) is 5.69. The van der Waals surface area contributed by atoms with Gasteiger partial charge in [-0.1, -0.05) is 28.1 Å². The van der Waals surface area contributed by atoms with Crippen molar-refractivity contribution in [2.24, 2.45) is 4.99 Å². The van der Waals surface area contributed by atoms with Crippen LogP contribution < -0.4 is 14.2 Å². The maximum atomic E-state index is 13.5. The van der Waals surface area contributed by atoms with Crippen LogP contribution in [0, 0.1) is 0 Å². The van der Waals surface area contributed by atoms with Crippen LogP contribution in [0.5, 0.6) is 17.2 Å². The molecule has 5 rings (SSSR count). The molecule has 2 heterocycles. The van der Waals surface area contributed by atoms with E-state index in [9.17, 15) is 14.7 Å². The van der Waals surface area contributed by atoms with Gasteiger partial charge in [-0.25, -0.2) is 9.79 Å². The van der Waals surface area contributed by atoms with E-state index in [2.05, 4.69) is 15.9 Å². The summed E-state index contributed by atoms with van der Waals surface area (Å²) in [5.41, 5.74) is 2.40. The smallest absolute Gasteiger partial charge is 0.335 e. The average Bonchev–Trinajstić information content (AvgIpc) is 3.44. The number of carbonyl (C=O) groups is 2. The van der Waals surface area contributed by atoms with Crippen LogP contribution in [0.15, 0.2) is 75.0 Å². The molecule has 0 aromatic heterocycles. The molecule has 2 aliphatic rings. The van der Waals surface area contributed by atoms with Crippen LogP contribution >= 0.6 is 27.7 Å². The molecule has 2 aliphatic heterocycles. The monoisotopic (exact) mass is 566 g/mol. The van der Waals surface area contributed by atoms with E-state index < -0.39 is 5.97 Å². The average molecular weight is 567 g/mol. The second kappa shape index (κ2) is 10.1. The van der Waals surface area contributed by atoms with Crippen molar-refractivity contribution in [3.63, 3.8) is 0 Å². The fraction of sp³-hybridized carbons (Fsp3) is 0.115. The molecule has 1 N–H and O–H groups in total. The van der Waals surface area contributed by atoms with E-state index in [0.717, 1.165) is 15.6 Å². The summed E-state index contributed by atoms with van der Waals surface area (Å²) in [5, 5.41) is 9.69. The molecule has 1 saturated heterocycles. The van der Waals surface area contributed by atoms with E-state index in [4.69, 9.17) is 19.2 Å². The van der Waals surface area contributed by atoms with Crippen molar-refractivity contribution in [3.05, 3.63) is 86.7 Å². The van der Waals surface area contributed by atoms with Crippen LogP contribution in [0.4, 0.5) is 5.69 Å². The molecule has 0 radical (unpaired) electrons. The van der Waals surface area contributed by atoms with E-state index in [1.165, 1.54) is 23.9 Å². The number of benzene rings is 3. The molecule has 1 fully saturated rings. The lowest BCUT2D eigenvalue weighted by atomic mass is 10.1. The molecule has 0 aliphatic carbocycles. The standard InChI is InChI=1S/C26H19BrN2O6S/c1-33-19-8-6-18(7-9-19)28-26-29(13-15-2-4-16(5-3-15)25(31)32)24(30)23(36-26)11-17-10-21-22(12-20(17)27)35-14-34-21/h2-12H,13-14H2,1H3,(H,31,32)/b23-11+,28-26?. The maximum absolute atomic E-state index is 13.5. The molecule has 0 bridgehead atoms. The minimum Gasteiger partial charge on any atom is -0.497 e. The topological polar surface area (TPSA) is 97.7 Å². The van der Waals surface area contributed by atoms with Gasteiger partial charge < -0.3 is 19.3 Å². The number of amides is 1. The molecular formula is C26H19BrN2O6S. The van der Waals surface area contributed by atoms with Gasteiger partial charge in [0.25, 0.3) is 5.91 Å². The summed E-state index contributed by atoms with van der Waals surface area (Å²) in [6.45, 7) is 0.392. The van der Waals surface area contributed by atoms with Gasteiger partial charge in [-0.15, -0.1) is 0 Å². The molecule has 10 heteroatoms. The van der Waals surface area contributed by atoms with Gasteiger partial charge in [-0.2, -0.15) is 0 Å². The van der Waals surface area contributed by atoms with E-state index in [-0.39, 0.29) is 24.8 Å². The molecule has 0 unspecified atom stereocenters. The quantitative estimate of drug-likeness (QED) is 0.383. The number of carbonyl (C=O) groups excluding carboxylic acids is 1. The lowest BCUT2D eigenvalue weighted by Gasteiger charge is -2.16. The first-order chi connectivity index (χ1) is 17.4. The summed E-state index contributed by atoms with van der Waals surface area (Å²) in [7, 11) is 1.59. The number of carboxylic acids is 1. The van der Waals surface area contributed by atoms with Crippen molar-refractivity contribution in [2.75, 3.05) is 13.9 Å². The lowest BCUT2D eigenvalue weighted by Crippen LogP contribution is -2.28. The second-order valence-electron chi connectivity index (χ2n) is 7.82. The number of amidine groups is 1. The molecule has 3 aromatic carbocycles. The van der Waals surface area contributed by atoms with Crippen molar-refractivity contribution < 1.29 is 28.9 Å². The Balaban J connectivity index is 1.49. The van der Waals surface area contributed by atoms with Gasteiger partial charge >= 0.3 is 5.97 Å². The van der Waals surface area contributed by atoms with Crippen LogP contribution in [-0.2, 0) is 11.3 Å². The zero-order valence-electron chi connectivity index (χ0n) is 18.9. The van der Waals surface area contributed by atoms with E-state index >= 15 is 0 Å². The zero-order chi connectivity index (χ0) is 25.2. The number of thioether (sulfide) groups is 1. The Bertz CT molecular complexity index is 1400. The van der Waals surface area contributed by atoms with Gasteiger partial charge in [0.2, 0.25) is 6.79 Å². The Hall–Kier alpha value is -3.76. The highest BCUT2D eigenvalue weighted by atomic mass is 79.9. The molecular weight excluding hydrogens is 548 g/mol. The van der Waals surface area contributed by atoms with Crippen LogP contribution in [0.3, 0.4) is 0 Å². The van der Waals surface area contributed by atoms with E-state index in [0.29, 0.717) is 33.0 Å². The highest BCUT2D eigenvalue weighted by Gasteiger charge is 2.34. The number of aromatic carboxylic acids is 1. The van der Waals surface area contributed by atoms with Crippen molar-refractivity contribution in [1.82, 2.24) is 4.90 Å². The third kappa shape index (κ3) is 4.95. The number of methoxy groups -OCH3 is 1. The molecule has 3 aromatic rings. The second-order valence-corrected chi connectivity index (χ2v) is 9.69. The Morgan fingerprint density at radius 1 is 1.14 bits per heavy atom. The largest absolute Gasteiger partial charge is 0.497 e. The van der Waals surface area contributed by atoms with Crippen LogP contribution in [0.1, 0.15) is 21.5 Å². The fourth-order valence-corrected chi connectivity index (χ4v) is 5.04. The van der Waals surface area contributed by atoms with Crippen LogP contribution in [-0.4, -0.2) is 41.0 Å². The van der Waals surface area contributed by atoms with Gasteiger partial charge in [0.1, 0.15) is 5.75 Å². The number of halogens is 1. The first-order valence-electron chi connectivity index (χ1n) is 10.8. The Kier molecular flexibility index (Phi) is 6.71. The van der Waals surface area contributed by atoms with Crippen LogP contribution in [0.25, 0.3) is 6.08 Å². The summed E-state index contributed by atoms with van der Waals surface area (Å²) < 4.78 is 16.9. The SMILES string of the molecule is COc1ccc(N=C2S/C(=C/c3cc4c(cc3Br)OCO4)C(=O)N2Cc2ccc(C(=O)O)cc2)cc1. The Morgan fingerprint density at radius 2 is 1.83 bits per heavy atom. The number of fused-ring (bicyclic) bond motifs is 1. The Morgan fingerprint density at radius 3 is 2.50 bits per heavy atom. The molecule has 8 nitrogen and oxygen atoms in total. The number of carboxylic acid groups (broad SMARTS) is 1. The minimum atomic E-state index is -1.00. The number of hydrogen-bond acceptors (Lipinski definition) is 7. The number of hydrogen-bond donors (Lipinski definition) is 1. The Labute approximate surface area is 219 Å². The maximum Gasteiger partial charge on any atom is 0.335 e. The summed E-state index contributed by atoms with van der Waals surface area (Å²) in [4.78, 5) is 31.5. The van der Waals surface area contributed by atoms with Crippen molar-refractivity contribution in [1.29, 1.82) is 0 Å². The summed E-state index contributed by atoms with van der Waals surface area (Å²) in [6, 6.07) is 17.3. The fourth-order valence-electron chi connectivity index (χ4n) is 3.62. The molecule has 1 amide bonds.